The molecule has 6 nitrogen and oxygen atoms in total. The monoisotopic (exact) mass is 552 g/mol. The van der Waals surface area contributed by atoms with Gasteiger partial charge < -0.3 is 20.1 Å². The number of hydrogen-bond donors (Lipinski definition) is 2. The molecule has 1 fully saturated rings. The Labute approximate surface area is 204 Å². The van der Waals surface area contributed by atoms with Crippen LogP contribution < -0.4 is 10.6 Å². The molecule has 1 heterocycles. The Hall–Kier alpha value is -0.610. The van der Waals surface area contributed by atoms with Gasteiger partial charge in [0.2, 0.25) is 0 Å². The molecule has 1 aromatic carbocycles. The lowest BCUT2D eigenvalue weighted by molar-refractivity contribution is 0.0698. The molecule has 2 rings (SSSR count). The fraction of sp³-hybridized carbons (Fsp3) is 0.682. The lowest BCUT2D eigenvalue weighted by Crippen LogP contribution is -2.40. The first-order chi connectivity index (χ1) is 14.2. The normalized spacial score (nSPS) is 19.9. The molecule has 0 bridgehead atoms. The van der Waals surface area contributed by atoms with Crippen LogP contribution in [0.5, 0.6) is 0 Å². The summed E-state index contributed by atoms with van der Waals surface area (Å²) in [6.07, 6.45) is 3.32. The van der Waals surface area contributed by atoms with Gasteiger partial charge in [0.1, 0.15) is 0 Å². The summed E-state index contributed by atoms with van der Waals surface area (Å²) in [7, 11) is 3.89. The number of halogens is 2. The largest absolute Gasteiger partial charge is 0.382 e. The zero-order valence-electron chi connectivity index (χ0n) is 18.5. The van der Waals surface area contributed by atoms with E-state index in [2.05, 4.69) is 41.6 Å². The number of benzene rings is 1. The van der Waals surface area contributed by atoms with Crippen LogP contribution in [0, 0.1) is 5.92 Å². The maximum atomic E-state index is 6.26. The first-order valence-corrected chi connectivity index (χ1v) is 11.1. The fourth-order valence-corrected chi connectivity index (χ4v) is 4.04. The van der Waals surface area contributed by atoms with Gasteiger partial charge in [-0.3, -0.25) is 9.89 Å². The van der Waals surface area contributed by atoms with Gasteiger partial charge in [-0.1, -0.05) is 23.7 Å². The lowest BCUT2D eigenvalue weighted by atomic mass is 9.85. The molecular formula is C22H38ClIN4O2. The van der Waals surface area contributed by atoms with E-state index < -0.39 is 0 Å². The second-order valence-corrected chi connectivity index (χ2v) is 7.92. The van der Waals surface area contributed by atoms with Crippen molar-refractivity contribution < 1.29 is 9.47 Å². The van der Waals surface area contributed by atoms with Gasteiger partial charge in [0, 0.05) is 44.4 Å². The van der Waals surface area contributed by atoms with Crippen molar-refractivity contribution in [1.29, 1.82) is 0 Å². The quantitative estimate of drug-likeness (QED) is 0.188. The Balaban J connectivity index is 0.00000450. The van der Waals surface area contributed by atoms with Gasteiger partial charge in [0.15, 0.2) is 5.96 Å². The maximum absolute atomic E-state index is 6.26. The molecule has 172 valence electrons. The SMILES string of the molecule is CCNC(=NCC1CCCN(C)C1c1cccc(Cl)c1)NCCCOCCOC.I. The topological polar surface area (TPSA) is 58.1 Å². The maximum Gasteiger partial charge on any atom is 0.191 e. The van der Waals surface area contributed by atoms with E-state index in [0.29, 0.717) is 25.2 Å². The van der Waals surface area contributed by atoms with Crippen molar-refractivity contribution in [1.82, 2.24) is 15.5 Å². The van der Waals surface area contributed by atoms with Crippen LogP contribution in [0.3, 0.4) is 0 Å². The summed E-state index contributed by atoms with van der Waals surface area (Å²) in [6, 6.07) is 8.61. The van der Waals surface area contributed by atoms with Crippen molar-refractivity contribution in [2.45, 2.75) is 32.2 Å². The molecule has 0 spiro atoms. The molecule has 0 amide bonds. The van der Waals surface area contributed by atoms with Gasteiger partial charge in [0.25, 0.3) is 0 Å². The van der Waals surface area contributed by atoms with Crippen LogP contribution in [-0.2, 0) is 9.47 Å². The van der Waals surface area contributed by atoms with Gasteiger partial charge >= 0.3 is 0 Å². The third-order valence-electron chi connectivity index (χ3n) is 5.22. The Bertz CT molecular complexity index is 621. The van der Waals surface area contributed by atoms with E-state index in [0.717, 1.165) is 50.2 Å². The van der Waals surface area contributed by atoms with Crippen LogP contribution in [0.1, 0.15) is 37.8 Å². The molecule has 1 aromatic rings. The molecule has 2 atom stereocenters. The number of nitrogens with one attached hydrogen (secondary N) is 2. The second kappa shape index (κ2) is 16.1. The molecule has 8 heteroatoms. The average molecular weight is 553 g/mol. The Morgan fingerprint density at radius 3 is 2.83 bits per heavy atom. The van der Waals surface area contributed by atoms with Crippen LogP contribution in [0.15, 0.2) is 29.3 Å². The van der Waals surface area contributed by atoms with Gasteiger partial charge in [-0.25, -0.2) is 0 Å². The van der Waals surface area contributed by atoms with Gasteiger partial charge in [-0.05, 0) is 63.4 Å². The van der Waals surface area contributed by atoms with Crippen LogP contribution in [-0.4, -0.2) is 71.0 Å². The van der Waals surface area contributed by atoms with Crippen molar-refractivity contribution in [3.63, 3.8) is 0 Å². The number of piperidine rings is 1. The molecule has 2 N–H and O–H groups in total. The Morgan fingerprint density at radius 2 is 2.10 bits per heavy atom. The zero-order valence-corrected chi connectivity index (χ0v) is 21.6. The van der Waals surface area contributed by atoms with Crippen LogP contribution in [0.2, 0.25) is 5.02 Å². The highest BCUT2D eigenvalue weighted by Crippen LogP contribution is 2.36. The molecule has 0 aromatic heterocycles. The molecule has 1 saturated heterocycles. The van der Waals surface area contributed by atoms with Crippen molar-refractivity contribution >= 4 is 41.5 Å². The minimum absolute atomic E-state index is 0. The molecular weight excluding hydrogens is 515 g/mol. The smallest absolute Gasteiger partial charge is 0.191 e. The van der Waals surface area contributed by atoms with Crippen LogP contribution in [0.25, 0.3) is 0 Å². The van der Waals surface area contributed by atoms with Gasteiger partial charge in [-0.15, -0.1) is 24.0 Å². The van der Waals surface area contributed by atoms with Crippen molar-refractivity contribution in [2.24, 2.45) is 10.9 Å². The fourth-order valence-electron chi connectivity index (χ4n) is 3.84. The molecule has 0 radical (unpaired) electrons. The van der Waals surface area contributed by atoms with Gasteiger partial charge in [0.05, 0.1) is 13.2 Å². The number of ether oxygens (including phenoxy) is 2. The summed E-state index contributed by atoms with van der Waals surface area (Å²) < 4.78 is 10.5. The molecule has 0 aliphatic carbocycles. The third-order valence-corrected chi connectivity index (χ3v) is 5.45. The predicted octanol–water partition coefficient (Wildman–Crippen LogP) is 3.95. The zero-order chi connectivity index (χ0) is 20.9. The Kier molecular flexibility index (Phi) is 14.7. The number of nitrogens with zero attached hydrogens (tertiary/aromatic N) is 2. The van der Waals surface area contributed by atoms with Gasteiger partial charge in [-0.2, -0.15) is 0 Å². The summed E-state index contributed by atoms with van der Waals surface area (Å²) in [6.45, 7) is 7.68. The second-order valence-electron chi connectivity index (χ2n) is 7.49. The van der Waals surface area contributed by atoms with Crippen molar-refractivity contribution in [3.05, 3.63) is 34.9 Å². The highest BCUT2D eigenvalue weighted by atomic mass is 127. The van der Waals surface area contributed by atoms with E-state index in [-0.39, 0.29) is 24.0 Å². The van der Waals surface area contributed by atoms with E-state index in [4.69, 9.17) is 26.1 Å². The van der Waals surface area contributed by atoms with Crippen molar-refractivity contribution in [2.75, 3.05) is 60.2 Å². The average Bonchev–Trinajstić information content (AvgIpc) is 2.71. The first-order valence-electron chi connectivity index (χ1n) is 10.7. The molecule has 30 heavy (non-hydrogen) atoms. The number of likely N-dealkylation sites (tertiary alicyclic amines) is 1. The van der Waals surface area contributed by atoms with Crippen LogP contribution in [0.4, 0.5) is 0 Å². The summed E-state index contributed by atoms with van der Waals surface area (Å²) in [5, 5.41) is 7.57. The standard InChI is InChI=1S/C22H37ClN4O2.HI/c1-4-24-22(25-11-7-13-29-15-14-28-3)26-17-19-9-6-12-27(2)21(19)18-8-5-10-20(23)16-18;/h5,8,10,16,19,21H,4,6-7,9,11-15,17H2,1-3H3,(H2,24,25,26);1H. The van der Waals surface area contributed by atoms with E-state index in [1.807, 2.05) is 12.1 Å². The van der Waals surface area contributed by atoms with Crippen LogP contribution >= 0.6 is 35.6 Å². The molecule has 2 unspecified atom stereocenters. The molecule has 0 saturated carbocycles. The highest BCUT2D eigenvalue weighted by molar-refractivity contribution is 14.0. The van der Waals surface area contributed by atoms with E-state index >= 15 is 0 Å². The summed E-state index contributed by atoms with van der Waals surface area (Å²) in [5.74, 6) is 1.35. The number of methoxy groups -OCH3 is 1. The number of guanidine groups is 1. The first kappa shape index (κ1) is 27.4. The molecule has 1 aliphatic heterocycles. The minimum Gasteiger partial charge on any atom is -0.382 e. The summed E-state index contributed by atoms with van der Waals surface area (Å²) in [5.41, 5.74) is 1.28. The Morgan fingerprint density at radius 1 is 1.27 bits per heavy atom. The number of hydrogen-bond acceptors (Lipinski definition) is 4. The highest BCUT2D eigenvalue weighted by Gasteiger charge is 2.30. The number of aliphatic imine (C=N–C) groups is 1. The predicted molar refractivity (Wildman–Crippen MR) is 136 cm³/mol. The lowest BCUT2D eigenvalue weighted by Gasteiger charge is -2.39. The summed E-state index contributed by atoms with van der Waals surface area (Å²) >= 11 is 6.26. The van der Waals surface area contributed by atoms with E-state index in [1.54, 1.807) is 7.11 Å². The van der Waals surface area contributed by atoms with Crippen molar-refractivity contribution in [3.8, 4) is 0 Å². The molecule has 1 aliphatic rings. The third kappa shape index (κ3) is 9.68. The summed E-state index contributed by atoms with van der Waals surface area (Å²) in [4.78, 5) is 7.33. The van der Waals surface area contributed by atoms with E-state index in [9.17, 15) is 0 Å². The minimum atomic E-state index is 0. The van der Waals surface area contributed by atoms with E-state index in [1.165, 1.54) is 18.4 Å². The number of rotatable bonds is 11.